The molecule has 1 aromatic heterocycles. The number of anilines is 2. The van der Waals surface area contributed by atoms with E-state index in [4.69, 9.17) is 11.6 Å². The van der Waals surface area contributed by atoms with E-state index in [1.807, 2.05) is 0 Å². The van der Waals surface area contributed by atoms with Crippen LogP contribution in [-0.2, 0) is 9.84 Å². The summed E-state index contributed by atoms with van der Waals surface area (Å²) >= 11 is 5.64. The van der Waals surface area contributed by atoms with Gasteiger partial charge in [0.05, 0.1) is 5.75 Å². The maximum atomic E-state index is 10.9. The molecule has 16 heavy (non-hydrogen) atoms. The third-order valence-electron chi connectivity index (χ3n) is 1.59. The summed E-state index contributed by atoms with van der Waals surface area (Å²) < 4.78 is 21.8. The maximum absolute atomic E-state index is 10.9. The van der Waals surface area contributed by atoms with E-state index in [9.17, 15) is 8.42 Å². The molecule has 0 aromatic carbocycles. The molecule has 0 aliphatic rings. The summed E-state index contributed by atoms with van der Waals surface area (Å²) in [5, 5.41) is 5.50. The normalized spacial score (nSPS) is 11.2. The highest BCUT2D eigenvalue weighted by atomic mass is 35.5. The van der Waals surface area contributed by atoms with Crippen molar-refractivity contribution in [3.8, 4) is 0 Å². The van der Waals surface area contributed by atoms with Crippen LogP contribution in [0.3, 0.4) is 0 Å². The van der Waals surface area contributed by atoms with Crippen LogP contribution in [0.5, 0.6) is 0 Å². The first-order valence-corrected chi connectivity index (χ1v) is 6.85. The van der Waals surface area contributed by atoms with Crippen LogP contribution < -0.4 is 10.6 Å². The summed E-state index contributed by atoms with van der Waals surface area (Å²) in [4.78, 5) is 11.5. The Labute approximate surface area is 98.6 Å². The van der Waals surface area contributed by atoms with Crippen molar-refractivity contribution in [3.63, 3.8) is 0 Å². The smallest absolute Gasteiger partial charge is 0.228 e. The topological polar surface area (TPSA) is 96.9 Å². The monoisotopic (exact) mass is 265 g/mol. The zero-order valence-electron chi connectivity index (χ0n) is 8.86. The minimum Gasteiger partial charge on any atom is -0.357 e. The van der Waals surface area contributed by atoms with Gasteiger partial charge in [0.1, 0.15) is 9.84 Å². The van der Waals surface area contributed by atoms with Gasteiger partial charge in [-0.1, -0.05) is 0 Å². The third-order valence-corrected chi connectivity index (χ3v) is 2.70. The number of sulfone groups is 1. The first-order valence-electron chi connectivity index (χ1n) is 4.41. The van der Waals surface area contributed by atoms with E-state index in [1.54, 1.807) is 7.05 Å². The van der Waals surface area contributed by atoms with Gasteiger partial charge >= 0.3 is 0 Å². The molecule has 90 valence electrons. The van der Waals surface area contributed by atoms with E-state index in [2.05, 4.69) is 25.6 Å². The summed E-state index contributed by atoms with van der Waals surface area (Å²) in [6, 6.07) is 0. The van der Waals surface area contributed by atoms with Gasteiger partial charge in [0, 0.05) is 19.8 Å². The second kappa shape index (κ2) is 5.26. The highest BCUT2D eigenvalue weighted by Gasteiger charge is 2.05. The highest BCUT2D eigenvalue weighted by molar-refractivity contribution is 7.90. The predicted molar refractivity (Wildman–Crippen MR) is 62.6 cm³/mol. The summed E-state index contributed by atoms with van der Waals surface area (Å²) in [6.45, 7) is 0.225. The molecular weight excluding hydrogens is 254 g/mol. The quantitative estimate of drug-likeness (QED) is 0.775. The second-order valence-electron chi connectivity index (χ2n) is 3.06. The molecule has 1 aromatic rings. The fraction of sp³-hybridized carbons (Fsp3) is 0.571. The lowest BCUT2D eigenvalue weighted by atomic mass is 10.7. The maximum Gasteiger partial charge on any atom is 0.228 e. The number of hydrogen-bond acceptors (Lipinski definition) is 7. The molecule has 0 saturated carbocycles. The Hall–Kier alpha value is -1.15. The zero-order valence-corrected chi connectivity index (χ0v) is 10.4. The third kappa shape index (κ3) is 4.58. The Kier molecular flexibility index (Phi) is 4.25. The number of aromatic nitrogens is 3. The van der Waals surface area contributed by atoms with Crippen molar-refractivity contribution < 1.29 is 8.42 Å². The fourth-order valence-corrected chi connectivity index (χ4v) is 1.52. The molecule has 1 rings (SSSR count). The molecule has 0 fully saturated rings. The number of rotatable bonds is 5. The van der Waals surface area contributed by atoms with Crippen molar-refractivity contribution in [1.29, 1.82) is 0 Å². The molecule has 7 nitrogen and oxygen atoms in total. The van der Waals surface area contributed by atoms with E-state index in [1.165, 1.54) is 0 Å². The Bertz CT molecular complexity index is 464. The SMILES string of the molecule is CNc1nc(Cl)nc(NCCS(C)(=O)=O)n1. The largest absolute Gasteiger partial charge is 0.357 e. The van der Waals surface area contributed by atoms with Crippen LogP contribution in [0.25, 0.3) is 0 Å². The van der Waals surface area contributed by atoms with Crippen molar-refractivity contribution in [1.82, 2.24) is 15.0 Å². The molecule has 9 heteroatoms. The van der Waals surface area contributed by atoms with Crippen molar-refractivity contribution in [3.05, 3.63) is 5.28 Å². The Balaban J connectivity index is 2.63. The summed E-state index contributed by atoms with van der Waals surface area (Å²) in [5.74, 6) is 0.570. The van der Waals surface area contributed by atoms with Crippen molar-refractivity contribution in [2.75, 3.05) is 36.2 Å². The Morgan fingerprint density at radius 3 is 2.44 bits per heavy atom. The standard InChI is InChI=1S/C7H12ClN5O2S/c1-9-6-11-5(8)12-7(13-6)10-3-4-16(2,14)15/h3-4H2,1-2H3,(H2,9,10,11,12,13). The average molecular weight is 266 g/mol. The molecule has 1 heterocycles. The number of halogens is 1. The highest BCUT2D eigenvalue weighted by Crippen LogP contribution is 2.08. The molecule has 0 saturated heterocycles. The van der Waals surface area contributed by atoms with Gasteiger partial charge in [0.15, 0.2) is 0 Å². The van der Waals surface area contributed by atoms with Gasteiger partial charge in [0.2, 0.25) is 17.2 Å². The van der Waals surface area contributed by atoms with Crippen LogP contribution >= 0.6 is 11.6 Å². The van der Waals surface area contributed by atoms with Crippen LogP contribution in [0.4, 0.5) is 11.9 Å². The van der Waals surface area contributed by atoms with E-state index >= 15 is 0 Å². The zero-order chi connectivity index (χ0) is 12.2. The molecule has 0 amide bonds. The van der Waals surface area contributed by atoms with Gasteiger partial charge in [-0.2, -0.15) is 15.0 Å². The second-order valence-corrected chi connectivity index (χ2v) is 5.66. The molecule has 0 spiro atoms. The minimum absolute atomic E-state index is 0.00515. The number of hydrogen-bond donors (Lipinski definition) is 2. The lowest BCUT2D eigenvalue weighted by molar-refractivity contribution is 0.602. The number of nitrogens with one attached hydrogen (secondary N) is 2. The lowest BCUT2D eigenvalue weighted by Crippen LogP contribution is -2.16. The van der Waals surface area contributed by atoms with Crippen LogP contribution in [0.1, 0.15) is 0 Å². The van der Waals surface area contributed by atoms with Crippen LogP contribution in [-0.4, -0.2) is 49.0 Å². The molecule has 0 unspecified atom stereocenters. The van der Waals surface area contributed by atoms with Gasteiger partial charge < -0.3 is 10.6 Å². The molecule has 2 N–H and O–H groups in total. The van der Waals surface area contributed by atoms with E-state index in [-0.39, 0.29) is 23.5 Å². The van der Waals surface area contributed by atoms with E-state index < -0.39 is 9.84 Å². The Morgan fingerprint density at radius 1 is 1.25 bits per heavy atom. The number of nitrogens with zero attached hydrogens (tertiary/aromatic N) is 3. The van der Waals surface area contributed by atoms with Gasteiger partial charge in [-0.15, -0.1) is 0 Å². The van der Waals surface area contributed by atoms with Gasteiger partial charge in [-0.25, -0.2) is 8.42 Å². The molecule has 0 atom stereocenters. The van der Waals surface area contributed by atoms with Gasteiger partial charge in [-0.05, 0) is 11.6 Å². The first kappa shape index (κ1) is 12.9. The van der Waals surface area contributed by atoms with Gasteiger partial charge in [0.25, 0.3) is 0 Å². The molecule has 0 radical (unpaired) electrons. The average Bonchev–Trinajstić information content (AvgIpc) is 2.14. The Morgan fingerprint density at radius 2 is 1.88 bits per heavy atom. The van der Waals surface area contributed by atoms with Crippen LogP contribution in [0.15, 0.2) is 0 Å². The van der Waals surface area contributed by atoms with Crippen LogP contribution in [0, 0.1) is 0 Å². The van der Waals surface area contributed by atoms with Crippen molar-refractivity contribution >= 4 is 33.3 Å². The molecule has 0 aliphatic carbocycles. The lowest BCUT2D eigenvalue weighted by Gasteiger charge is -2.05. The fourth-order valence-electron chi connectivity index (χ4n) is 0.889. The summed E-state index contributed by atoms with van der Waals surface area (Å²) in [6.07, 6.45) is 1.16. The van der Waals surface area contributed by atoms with E-state index in [0.717, 1.165) is 6.26 Å². The summed E-state index contributed by atoms with van der Waals surface area (Å²) in [7, 11) is -1.36. The molecular formula is C7H12ClN5O2S. The summed E-state index contributed by atoms with van der Waals surface area (Å²) in [5.41, 5.74) is 0. The predicted octanol–water partition coefficient (Wildman–Crippen LogP) is 0.0232. The first-order chi connectivity index (χ1) is 7.40. The van der Waals surface area contributed by atoms with Crippen molar-refractivity contribution in [2.24, 2.45) is 0 Å². The van der Waals surface area contributed by atoms with Crippen LogP contribution in [0.2, 0.25) is 5.28 Å². The van der Waals surface area contributed by atoms with Gasteiger partial charge in [-0.3, -0.25) is 0 Å². The van der Waals surface area contributed by atoms with E-state index in [0.29, 0.717) is 5.95 Å². The molecule has 0 bridgehead atoms. The molecule has 0 aliphatic heterocycles. The minimum atomic E-state index is -3.00. The van der Waals surface area contributed by atoms with Crippen molar-refractivity contribution in [2.45, 2.75) is 0 Å².